The highest BCUT2D eigenvalue weighted by molar-refractivity contribution is 5.47. The second kappa shape index (κ2) is 6.74. The van der Waals surface area contributed by atoms with Crippen molar-refractivity contribution in [2.45, 2.75) is 19.4 Å². The number of aryl methyl sites for hydroxylation is 1. The Morgan fingerprint density at radius 1 is 1.10 bits per heavy atom. The highest BCUT2D eigenvalue weighted by Gasteiger charge is 2.07. The van der Waals surface area contributed by atoms with Gasteiger partial charge in [0.05, 0.1) is 17.7 Å². The van der Waals surface area contributed by atoms with Crippen LogP contribution in [0.4, 0.5) is 5.69 Å². The summed E-state index contributed by atoms with van der Waals surface area (Å²) in [5.41, 5.74) is 3.70. The van der Waals surface area contributed by atoms with Gasteiger partial charge in [-0.15, -0.1) is 0 Å². The molecular formula is C17H18N2O. The van der Waals surface area contributed by atoms with E-state index in [2.05, 4.69) is 18.3 Å². The van der Waals surface area contributed by atoms with Crippen molar-refractivity contribution < 1.29 is 5.11 Å². The quantitative estimate of drug-likeness (QED) is 0.873. The van der Waals surface area contributed by atoms with Gasteiger partial charge in [-0.1, -0.05) is 31.2 Å². The Morgan fingerprint density at radius 3 is 2.30 bits per heavy atom. The van der Waals surface area contributed by atoms with Gasteiger partial charge in [-0.05, 0) is 41.8 Å². The number of nitriles is 1. The molecule has 2 rings (SSSR count). The zero-order valence-electron chi connectivity index (χ0n) is 11.5. The second-order valence-electron chi connectivity index (χ2n) is 4.68. The fourth-order valence-electron chi connectivity index (χ4n) is 1.97. The molecule has 20 heavy (non-hydrogen) atoms. The zero-order chi connectivity index (χ0) is 14.4. The molecule has 0 heterocycles. The van der Waals surface area contributed by atoms with Gasteiger partial charge in [0, 0.05) is 12.2 Å². The number of nitrogens with zero attached hydrogens (tertiary/aromatic N) is 1. The topological polar surface area (TPSA) is 56.0 Å². The summed E-state index contributed by atoms with van der Waals surface area (Å²) >= 11 is 0. The van der Waals surface area contributed by atoms with Crippen molar-refractivity contribution in [3.8, 4) is 6.07 Å². The number of anilines is 1. The van der Waals surface area contributed by atoms with E-state index in [1.54, 1.807) is 12.1 Å². The van der Waals surface area contributed by atoms with E-state index in [1.807, 2.05) is 36.4 Å². The molecule has 3 nitrogen and oxygen atoms in total. The molecule has 0 aliphatic rings. The fraction of sp³-hybridized carbons (Fsp3) is 0.235. The lowest BCUT2D eigenvalue weighted by Crippen LogP contribution is -2.12. The molecule has 3 heteroatoms. The van der Waals surface area contributed by atoms with Crippen molar-refractivity contribution >= 4 is 5.69 Å². The molecule has 2 N–H and O–H groups in total. The van der Waals surface area contributed by atoms with Crippen LogP contribution in [0, 0.1) is 11.3 Å². The van der Waals surface area contributed by atoms with Crippen LogP contribution in [0.25, 0.3) is 0 Å². The molecule has 1 atom stereocenters. The Morgan fingerprint density at radius 2 is 1.75 bits per heavy atom. The van der Waals surface area contributed by atoms with E-state index in [0.717, 1.165) is 17.7 Å². The molecule has 0 radical (unpaired) electrons. The van der Waals surface area contributed by atoms with Crippen LogP contribution in [-0.4, -0.2) is 11.7 Å². The second-order valence-corrected chi connectivity index (χ2v) is 4.68. The van der Waals surface area contributed by atoms with Crippen LogP contribution in [0.5, 0.6) is 0 Å². The molecule has 0 aliphatic carbocycles. The third kappa shape index (κ3) is 3.59. The van der Waals surface area contributed by atoms with Crippen LogP contribution in [0.2, 0.25) is 0 Å². The normalized spacial score (nSPS) is 11.7. The van der Waals surface area contributed by atoms with E-state index in [4.69, 9.17) is 5.26 Å². The van der Waals surface area contributed by atoms with E-state index >= 15 is 0 Å². The van der Waals surface area contributed by atoms with Crippen LogP contribution < -0.4 is 5.32 Å². The van der Waals surface area contributed by atoms with Crippen LogP contribution in [0.15, 0.2) is 48.5 Å². The van der Waals surface area contributed by atoms with Gasteiger partial charge in [0.15, 0.2) is 0 Å². The highest BCUT2D eigenvalue weighted by atomic mass is 16.3. The minimum atomic E-state index is -0.545. The molecule has 0 bridgehead atoms. The molecule has 2 aromatic rings. The summed E-state index contributed by atoms with van der Waals surface area (Å²) in [6, 6.07) is 17.3. The van der Waals surface area contributed by atoms with Crippen molar-refractivity contribution in [2.75, 3.05) is 11.9 Å². The Bertz CT molecular complexity index is 582. The highest BCUT2D eigenvalue weighted by Crippen LogP contribution is 2.16. The largest absolute Gasteiger partial charge is 0.387 e. The molecule has 0 amide bonds. The Kier molecular flexibility index (Phi) is 4.75. The molecule has 102 valence electrons. The van der Waals surface area contributed by atoms with Crippen molar-refractivity contribution in [3.05, 3.63) is 65.2 Å². The first-order valence-electron chi connectivity index (χ1n) is 6.74. The fourth-order valence-corrected chi connectivity index (χ4v) is 1.97. The standard InChI is InChI=1S/C17H18N2O/c1-2-13-3-7-15(8-4-13)17(20)12-19-16-9-5-14(11-18)6-10-16/h3-10,17,19-20H,2,12H2,1H3. The summed E-state index contributed by atoms with van der Waals surface area (Å²) < 4.78 is 0. The number of aliphatic hydroxyl groups is 1. The van der Waals surface area contributed by atoms with Crippen LogP contribution in [0.3, 0.4) is 0 Å². The SMILES string of the molecule is CCc1ccc(C(O)CNc2ccc(C#N)cc2)cc1. The van der Waals surface area contributed by atoms with E-state index in [0.29, 0.717) is 12.1 Å². The molecule has 0 fully saturated rings. The van der Waals surface area contributed by atoms with E-state index < -0.39 is 6.10 Å². The minimum Gasteiger partial charge on any atom is -0.387 e. The maximum Gasteiger partial charge on any atom is 0.0991 e. The molecular weight excluding hydrogens is 248 g/mol. The van der Waals surface area contributed by atoms with Crippen LogP contribution in [-0.2, 0) is 6.42 Å². The van der Waals surface area contributed by atoms with E-state index in [1.165, 1.54) is 5.56 Å². The molecule has 2 aromatic carbocycles. The molecule has 0 saturated heterocycles. The first-order valence-corrected chi connectivity index (χ1v) is 6.74. The van der Waals surface area contributed by atoms with Crippen molar-refractivity contribution in [1.82, 2.24) is 0 Å². The average Bonchev–Trinajstić information content (AvgIpc) is 2.53. The first-order chi connectivity index (χ1) is 9.72. The molecule has 0 aliphatic heterocycles. The first kappa shape index (κ1) is 14.1. The Balaban J connectivity index is 1.93. The van der Waals surface area contributed by atoms with Crippen molar-refractivity contribution in [2.24, 2.45) is 0 Å². The van der Waals surface area contributed by atoms with Gasteiger partial charge in [0.2, 0.25) is 0 Å². The van der Waals surface area contributed by atoms with Gasteiger partial charge < -0.3 is 10.4 Å². The van der Waals surface area contributed by atoms with E-state index in [-0.39, 0.29) is 0 Å². The van der Waals surface area contributed by atoms with Gasteiger partial charge in [-0.25, -0.2) is 0 Å². The number of benzene rings is 2. The number of nitrogens with one attached hydrogen (secondary N) is 1. The number of aliphatic hydroxyl groups excluding tert-OH is 1. The van der Waals surface area contributed by atoms with E-state index in [9.17, 15) is 5.11 Å². The van der Waals surface area contributed by atoms with Crippen molar-refractivity contribution in [1.29, 1.82) is 5.26 Å². The summed E-state index contributed by atoms with van der Waals surface area (Å²) in [6.07, 6.45) is 0.455. The maximum absolute atomic E-state index is 10.1. The predicted molar refractivity (Wildman–Crippen MR) is 80.4 cm³/mol. The van der Waals surface area contributed by atoms with Gasteiger partial charge >= 0.3 is 0 Å². The lowest BCUT2D eigenvalue weighted by atomic mass is 10.1. The summed E-state index contributed by atoms with van der Waals surface area (Å²) in [4.78, 5) is 0. The third-order valence-corrected chi connectivity index (χ3v) is 3.29. The maximum atomic E-state index is 10.1. The molecule has 0 aromatic heterocycles. The van der Waals surface area contributed by atoms with Gasteiger partial charge in [0.25, 0.3) is 0 Å². The Hall–Kier alpha value is -2.31. The molecule has 0 saturated carbocycles. The number of rotatable bonds is 5. The molecule has 1 unspecified atom stereocenters. The minimum absolute atomic E-state index is 0.442. The van der Waals surface area contributed by atoms with Gasteiger partial charge in [-0.2, -0.15) is 5.26 Å². The smallest absolute Gasteiger partial charge is 0.0991 e. The average molecular weight is 266 g/mol. The lowest BCUT2D eigenvalue weighted by Gasteiger charge is -2.13. The van der Waals surface area contributed by atoms with Gasteiger partial charge in [0.1, 0.15) is 0 Å². The Labute approximate surface area is 119 Å². The van der Waals surface area contributed by atoms with Gasteiger partial charge in [-0.3, -0.25) is 0 Å². The number of hydrogen-bond donors (Lipinski definition) is 2. The predicted octanol–water partition coefficient (Wildman–Crippen LogP) is 3.27. The third-order valence-electron chi connectivity index (χ3n) is 3.29. The summed E-state index contributed by atoms with van der Waals surface area (Å²) in [5, 5.41) is 22.0. The summed E-state index contributed by atoms with van der Waals surface area (Å²) in [7, 11) is 0. The number of hydrogen-bond acceptors (Lipinski definition) is 3. The monoisotopic (exact) mass is 266 g/mol. The summed E-state index contributed by atoms with van der Waals surface area (Å²) in [5.74, 6) is 0. The van der Waals surface area contributed by atoms with Crippen LogP contribution in [0.1, 0.15) is 29.7 Å². The molecule has 0 spiro atoms. The lowest BCUT2D eigenvalue weighted by molar-refractivity contribution is 0.191. The zero-order valence-corrected chi connectivity index (χ0v) is 11.5. The van der Waals surface area contributed by atoms with Crippen LogP contribution >= 0.6 is 0 Å². The van der Waals surface area contributed by atoms with Crippen molar-refractivity contribution in [3.63, 3.8) is 0 Å². The summed E-state index contributed by atoms with van der Waals surface area (Å²) in [6.45, 7) is 2.55.